The number of hydrogen-bond donors (Lipinski definition) is 1. The van der Waals surface area contributed by atoms with Crippen molar-refractivity contribution in [1.29, 1.82) is 0 Å². The Morgan fingerprint density at radius 1 is 1.03 bits per heavy atom. The molecule has 2 saturated heterocycles. The molecule has 8 heteroatoms. The molecule has 7 nitrogen and oxygen atoms in total. The second kappa shape index (κ2) is 10.3. The van der Waals surface area contributed by atoms with Crippen molar-refractivity contribution in [3.8, 4) is 0 Å². The molecule has 0 spiro atoms. The van der Waals surface area contributed by atoms with Gasteiger partial charge in [0.2, 0.25) is 15.9 Å². The second-order valence-electron chi connectivity index (χ2n) is 8.51. The number of nitrogens with zero attached hydrogens (tertiary/aromatic N) is 3. The molecule has 1 aromatic carbocycles. The van der Waals surface area contributed by atoms with Gasteiger partial charge in [0.15, 0.2) is 0 Å². The lowest BCUT2D eigenvalue weighted by molar-refractivity contribution is -0.135. The van der Waals surface area contributed by atoms with Crippen LogP contribution in [0.2, 0.25) is 0 Å². The van der Waals surface area contributed by atoms with Crippen LogP contribution in [-0.4, -0.2) is 56.9 Å². The molecule has 1 amide bonds. The van der Waals surface area contributed by atoms with Crippen molar-refractivity contribution in [3.05, 3.63) is 65.8 Å². The van der Waals surface area contributed by atoms with Crippen LogP contribution < -0.4 is 9.62 Å². The van der Waals surface area contributed by atoms with E-state index in [1.165, 1.54) is 5.41 Å². The Morgan fingerprint density at radius 3 is 2.47 bits per heavy atom. The van der Waals surface area contributed by atoms with Gasteiger partial charge in [0.05, 0.1) is 0 Å². The normalized spacial score (nSPS) is 20.2. The van der Waals surface area contributed by atoms with Crippen LogP contribution in [0.15, 0.2) is 60.3 Å². The summed E-state index contributed by atoms with van der Waals surface area (Å²) in [6.07, 6.45) is 7.70. The van der Waals surface area contributed by atoms with Gasteiger partial charge >= 0.3 is 0 Å². The summed E-state index contributed by atoms with van der Waals surface area (Å²) in [6, 6.07) is 13.3. The number of hydrogen-bond acceptors (Lipinski definition) is 5. The Balaban J connectivity index is 1.22. The number of likely N-dealkylation sites (tertiary alicyclic amines) is 1. The van der Waals surface area contributed by atoms with Crippen LogP contribution >= 0.6 is 0 Å². The number of rotatable bonds is 7. The summed E-state index contributed by atoms with van der Waals surface area (Å²) < 4.78 is 27.2. The molecule has 170 valence electrons. The van der Waals surface area contributed by atoms with Crippen LogP contribution in [-0.2, 0) is 14.8 Å². The molecule has 1 aromatic heterocycles. The number of anilines is 1. The summed E-state index contributed by atoms with van der Waals surface area (Å²) in [7, 11) is -3.50. The Bertz CT molecular complexity index is 1020. The molecule has 0 saturated carbocycles. The number of carbonyl (C=O) groups excluding carboxylic acids is 1. The molecular formula is C24H30N4O3S. The summed E-state index contributed by atoms with van der Waals surface area (Å²) in [5.41, 5.74) is 1.99. The molecule has 1 unspecified atom stereocenters. The predicted molar refractivity (Wildman–Crippen MR) is 126 cm³/mol. The van der Waals surface area contributed by atoms with E-state index in [0.717, 1.165) is 43.6 Å². The quantitative estimate of drug-likeness (QED) is 0.696. The third-order valence-electron chi connectivity index (χ3n) is 6.28. The van der Waals surface area contributed by atoms with E-state index in [4.69, 9.17) is 0 Å². The van der Waals surface area contributed by atoms with Gasteiger partial charge in [-0.2, -0.15) is 0 Å². The second-order valence-corrected chi connectivity index (χ2v) is 10.2. The zero-order valence-electron chi connectivity index (χ0n) is 18.1. The first-order chi connectivity index (χ1) is 15.5. The van der Waals surface area contributed by atoms with Gasteiger partial charge in [-0.1, -0.05) is 30.3 Å². The summed E-state index contributed by atoms with van der Waals surface area (Å²) in [4.78, 5) is 21.3. The zero-order chi connectivity index (χ0) is 22.4. The smallest absolute Gasteiger partial charge is 0.233 e. The molecule has 1 atom stereocenters. The van der Waals surface area contributed by atoms with Crippen LogP contribution in [0.25, 0.3) is 6.08 Å². The molecular weight excluding hydrogens is 424 g/mol. The molecule has 4 rings (SSSR count). The Morgan fingerprint density at radius 2 is 1.75 bits per heavy atom. The topological polar surface area (TPSA) is 82.6 Å². The van der Waals surface area contributed by atoms with Crippen LogP contribution in [0.5, 0.6) is 0 Å². The highest BCUT2D eigenvalue weighted by Crippen LogP contribution is 2.26. The molecule has 2 aromatic rings. The average Bonchev–Trinajstić information content (AvgIpc) is 3.32. The Kier molecular flexibility index (Phi) is 7.22. The molecule has 0 aliphatic carbocycles. The summed E-state index contributed by atoms with van der Waals surface area (Å²) in [6.45, 7) is 3.41. The molecule has 32 heavy (non-hydrogen) atoms. The number of piperidine rings is 1. The first kappa shape index (κ1) is 22.5. The summed E-state index contributed by atoms with van der Waals surface area (Å²) in [5.74, 6) is 0.418. The number of amides is 1. The maximum atomic E-state index is 13.0. The van der Waals surface area contributed by atoms with Gasteiger partial charge in [0, 0.05) is 62.1 Å². The molecule has 1 N–H and O–H groups in total. The third kappa shape index (κ3) is 5.95. The lowest BCUT2D eigenvalue weighted by Crippen LogP contribution is -2.42. The highest BCUT2D eigenvalue weighted by atomic mass is 32.2. The average molecular weight is 455 g/mol. The van der Waals surface area contributed by atoms with E-state index in [2.05, 4.69) is 14.6 Å². The van der Waals surface area contributed by atoms with E-state index < -0.39 is 10.0 Å². The summed E-state index contributed by atoms with van der Waals surface area (Å²) in [5, 5.41) is 1.21. The van der Waals surface area contributed by atoms with Crippen LogP contribution in [0.4, 0.5) is 5.69 Å². The molecule has 2 aliphatic heterocycles. The fourth-order valence-corrected chi connectivity index (χ4v) is 5.31. The Labute approximate surface area is 190 Å². The van der Waals surface area contributed by atoms with Gasteiger partial charge in [0.25, 0.3) is 0 Å². The van der Waals surface area contributed by atoms with E-state index >= 15 is 0 Å². The van der Waals surface area contributed by atoms with Gasteiger partial charge in [-0.15, -0.1) is 0 Å². The Hall–Kier alpha value is -2.71. The largest absolute Gasteiger partial charge is 0.371 e. The number of sulfonamides is 1. The fraction of sp³-hybridized carbons (Fsp3) is 0.417. The monoisotopic (exact) mass is 454 g/mol. The van der Waals surface area contributed by atoms with Gasteiger partial charge in [0.1, 0.15) is 0 Å². The molecule has 0 bridgehead atoms. The van der Waals surface area contributed by atoms with E-state index in [-0.39, 0.29) is 17.7 Å². The zero-order valence-corrected chi connectivity index (χ0v) is 19.0. The van der Waals surface area contributed by atoms with Gasteiger partial charge in [-0.3, -0.25) is 9.78 Å². The number of aromatic nitrogens is 1. The van der Waals surface area contributed by atoms with E-state index in [1.54, 1.807) is 18.5 Å². The standard InChI is InChI=1S/C24H30N4O3S/c29-24(22-9-15-27(16-10-22)23-6-12-25-13-7-23)28-14-8-21(19-28)18-26-32(30,31)17-11-20-4-2-1-3-5-20/h1-7,11-13,17,21-22,26H,8-10,14-16,18-19H2. The van der Waals surface area contributed by atoms with Crippen molar-refractivity contribution in [2.24, 2.45) is 11.8 Å². The highest BCUT2D eigenvalue weighted by Gasteiger charge is 2.33. The highest BCUT2D eigenvalue weighted by molar-refractivity contribution is 7.92. The van der Waals surface area contributed by atoms with Crippen LogP contribution in [0, 0.1) is 11.8 Å². The minimum absolute atomic E-state index is 0.0531. The maximum Gasteiger partial charge on any atom is 0.233 e. The van der Waals surface area contributed by atoms with E-state index in [0.29, 0.717) is 19.6 Å². The van der Waals surface area contributed by atoms with Crippen LogP contribution in [0.1, 0.15) is 24.8 Å². The first-order valence-corrected chi connectivity index (χ1v) is 12.7. The van der Waals surface area contributed by atoms with Crippen molar-refractivity contribution in [1.82, 2.24) is 14.6 Å². The molecule has 3 heterocycles. The van der Waals surface area contributed by atoms with Gasteiger partial charge in [-0.25, -0.2) is 13.1 Å². The lowest BCUT2D eigenvalue weighted by Gasteiger charge is -2.34. The van der Waals surface area contributed by atoms with Crippen molar-refractivity contribution in [2.45, 2.75) is 19.3 Å². The van der Waals surface area contributed by atoms with E-state index in [1.807, 2.05) is 47.4 Å². The van der Waals surface area contributed by atoms with Gasteiger partial charge < -0.3 is 9.80 Å². The number of pyridine rings is 1. The lowest BCUT2D eigenvalue weighted by atomic mass is 9.95. The third-order valence-corrected chi connectivity index (χ3v) is 7.35. The maximum absolute atomic E-state index is 13.0. The number of benzene rings is 1. The van der Waals surface area contributed by atoms with Crippen LogP contribution in [0.3, 0.4) is 0 Å². The first-order valence-electron chi connectivity index (χ1n) is 11.2. The van der Waals surface area contributed by atoms with Crippen molar-refractivity contribution in [2.75, 3.05) is 37.6 Å². The van der Waals surface area contributed by atoms with E-state index in [9.17, 15) is 13.2 Å². The fourth-order valence-electron chi connectivity index (χ4n) is 4.41. The minimum Gasteiger partial charge on any atom is -0.371 e. The molecule has 2 aliphatic rings. The number of nitrogens with one attached hydrogen (secondary N) is 1. The molecule has 0 radical (unpaired) electrons. The minimum atomic E-state index is -3.50. The van der Waals surface area contributed by atoms with Crippen molar-refractivity contribution in [3.63, 3.8) is 0 Å². The number of carbonyl (C=O) groups is 1. The predicted octanol–water partition coefficient (Wildman–Crippen LogP) is 2.74. The molecule has 2 fully saturated rings. The summed E-state index contributed by atoms with van der Waals surface area (Å²) >= 11 is 0. The van der Waals surface area contributed by atoms with Gasteiger partial charge in [-0.05, 0) is 49.0 Å². The van der Waals surface area contributed by atoms with Crippen molar-refractivity contribution < 1.29 is 13.2 Å². The SMILES string of the molecule is O=C(C1CCN(c2ccncc2)CC1)N1CCC(CNS(=O)(=O)C=Cc2ccccc2)C1. The van der Waals surface area contributed by atoms with Crippen molar-refractivity contribution >= 4 is 27.7 Å².